The topological polar surface area (TPSA) is 24.1 Å². The van der Waals surface area contributed by atoms with Crippen LogP contribution in [0.4, 0.5) is 0 Å². The van der Waals surface area contributed by atoms with E-state index in [2.05, 4.69) is 29.7 Å². The van der Waals surface area contributed by atoms with Crippen LogP contribution in [-0.4, -0.2) is 13.6 Å². The average molecular weight is 180 g/mol. The zero-order valence-corrected chi connectivity index (χ0v) is 8.80. The van der Waals surface area contributed by atoms with Crippen molar-refractivity contribution < 1.29 is 0 Å². The summed E-state index contributed by atoms with van der Waals surface area (Å²) >= 11 is 0. The third-order valence-electron chi connectivity index (χ3n) is 1.51. The van der Waals surface area contributed by atoms with Gasteiger partial charge in [0.1, 0.15) is 0 Å². The maximum absolute atomic E-state index is 3.30. The Morgan fingerprint density at radius 1 is 1.38 bits per heavy atom. The van der Waals surface area contributed by atoms with Gasteiger partial charge < -0.3 is 10.6 Å². The van der Waals surface area contributed by atoms with Crippen LogP contribution >= 0.6 is 0 Å². The number of allylic oxidation sites excluding steroid dienone is 3. The van der Waals surface area contributed by atoms with Crippen LogP contribution < -0.4 is 10.6 Å². The standard InChI is InChI=1S/C11H20N2/c1-4-6-9-13-11(7-5-2)8-10-12-3/h4,6-8,10,12-13H,5,9H2,1-3H3/b6-4-,10-8-,11-7+. The molecule has 0 atom stereocenters. The first-order valence-electron chi connectivity index (χ1n) is 4.74. The van der Waals surface area contributed by atoms with Gasteiger partial charge in [0.25, 0.3) is 0 Å². The van der Waals surface area contributed by atoms with Gasteiger partial charge in [-0.2, -0.15) is 0 Å². The van der Waals surface area contributed by atoms with Gasteiger partial charge in [-0.15, -0.1) is 0 Å². The summed E-state index contributed by atoms with van der Waals surface area (Å²) in [5.41, 5.74) is 1.16. The van der Waals surface area contributed by atoms with Crippen molar-refractivity contribution in [2.24, 2.45) is 0 Å². The first-order valence-corrected chi connectivity index (χ1v) is 4.74. The molecule has 0 aliphatic carbocycles. The zero-order chi connectivity index (χ0) is 9.94. The molecule has 0 aromatic rings. The van der Waals surface area contributed by atoms with Gasteiger partial charge >= 0.3 is 0 Å². The van der Waals surface area contributed by atoms with E-state index in [1.165, 1.54) is 0 Å². The minimum atomic E-state index is 0.885. The summed E-state index contributed by atoms with van der Waals surface area (Å²) in [6.07, 6.45) is 11.3. The number of hydrogen-bond acceptors (Lipinski definition) is 2. The highest BCUT2D eigenvalue weighted by molar-refractivity contribution is 5.16. The molecule has 0 aliphatic heterocycles. The molecule has 74 valence electrons. The lowest BCUT2D eigenvalue weighted by atomic mass is 10.3. The quantitative estimate of drug-likeness (QED) is 0.483. The van der Waals surface area contributed by atoms with Crippen molar-refractivity contribution in [2.45, 2.75) is 20.3 Å². The second kappa shape index (κ2) is 8.91. The molecule has 0 unspecified atom stereocenters. The van der Waals surface area contributed by atoms with Crippen LogP contribution in [0.2, 0.25) is 0 Å². The molecule has 0 rings (SSSR count). The van der Waals surface area contributed by atoms with Crippen LogP contribution in [-0.2, 0) is 0 Å². The van der Waals surface area contributed by atoms with Gasteiger partial charge in [0, 0.05) is 19.3 Å². The molecule has 0 saturated carbocycles. The minimum absolute atomic E-state index is 0.885. The van der Waals surface area contributed by atoms with E-state index in [0.29, 0.717) is 0 Å². The monoisotopic (exact) mass is 180 g/mol. The molecule has 0 heterocycles. The number of rotatable bonds is 6. The smallest absolute Gasteiger partial charge is 0.0330 e. The summed E-state index contributed by atoms with van der Waals surface area (Å²) in [7, 11) is 1.89. The van der Waals surface area contributed by atoms with E-state index in [9.17, 15) is 0 Å². The summed E-state index contributed by atoms with van der Waals surface area (Å²) in [6, 6.07) is 0. The molecule has 2 N–H and O–H groups in total. The van der Waals surface area contributed by atoms with Crippen molar-refractivity contribution >= 4 is 0 Å². The van der Waals surface area contributed by atoms with E-state index in [0.717, 1.165) is 18.7 Å². The summed E-state index contributed by atoms with van der Waals surface area (Å²) in [6.45, 7) is 5.04. The van der Waals surface area contributed by atoms with Crippen LogP contribution in [0, 0.1) is 0 Å². The van der Waals surface area contributed by atoms with Crippen molar-refractivity contribution in [1.29, 1.82) is 0 Å². The average Bonchev–Trinajstić information content (AvgIpc) is 2.14. The fourth-order valence-electron chi connectivity index (χ4n) is 0.887. The fourth-order valence-corrected chi connectivity index (χ4v) is 0.887. The summed E-state index contributed by atoms with van der Waals surface area (Å²) in [5.74, 6) is 0. The van der Waals surface area contributed by atoms with Crippen molar-refractivity contribution in [3.05, 3.63) is 36.2 Å². The zero-order valence-electron chi connectivity index (χ0n) is 8.80. The first kappa shape index (κ1) is 11.8. The molecular formula is C11H20N2. The summed E-state index contributed by atoms with van der Waals surface area (Å²) in [5, 5.41) is 6.27. The molecular weight excluding hydrogens is 160 g/mol. The highest BCUT2D eigenvalue weighted by Crippen LogP contribution is 1.93. The summed E-state index contributed by atoms with van der Waals surface area (Å²) < 4.78 is 0. The third kappa shape index (κ3) is 7.19. The largest absolute Gasteiger partial charge is 0.394 e. The fraction of sp³-hybridized carbons (Fsp3) is 0.455. The number of nitrogens with one attached hydrogen (secondary N) is 2. The van der Waals surface area contributed by atoms with Gasteiger partial charge in [0.2, 0.25) is 0 Å². The highest BCUT2D eigenvalue weighted by Gasteiger charge is 1.86. The molecule has 0 saturated heterocycles. The Morgan fingerprint density at radius 2 is 2.15 bits per heavy atom. The third-order valence-corrected chi connectivity index (χ3v) is 1.51. The van der Waals surface area contributed by atoms with Crippen molar-refractivity contribution in [2.75, 3.05) is 13.6 Å². The molecule has 2 heteroatoms. The minimum Gasteiger partial charge on any atom is -0.394 e. The molecule has 0 spiro atoms. The second-order valence-corrected chi connectivity index (χ2v) is 2.64. The van der Waals surface area contributed by atoms with Crippen LogP contribution in [0.25, 0.3) is 0 Å². The summed E-state index contributed by atoms with van der Waals surface area (Å²) in [4.78, 5) is 0. The van der Waals surface area contributed by atoms with Crippen LogP contribution in [0.15, 0.2) is 36.2 Å². The van der Waals surface area contributed by atoms with Crippen LogP contribution in [0.3, 0.4) is 0 Å². The van der Waals surface area contributed by atoms with Gasteiger partial charge in [0.15, 0.2) is 0 Å². The molecule has 0 aromatic heterocycles. The van der Waals surface area contributed by atoms with E-state index in [1.807, 2.05) is 32.3 Å². The van der Waals surface area contributed by atoms with Gasteiger partial charge in [-0.1, -0.05) is 25.2 Å². The maximum atomic E-state index is 3.30. The first-order chi connectivity index (χ1) is 6.35. The van der Waals surface area contributed by atoms with Crippen molar-refractivity contribution in [3.8, 4) is 0 Å². The highest BCUT2D eigenvalue weighted by atomic mass is 14.9. The lowest BCUT2D eigenvalue weighted by molar-refractivity contribution is 0.916. The van der Waals surface area contributed by atoms with E-state index in [-0.39, 0.29) is 0 Å². The molecule has 0 radical (unpaired) electrons. The Morgan fingerprint density at radius 3 is 2.69 bits per heavy atom. The Bertz CT molecular complexity index is 190. The van der Waals surface area contributed by atoms with Crippen molar-refractivity contribution in [1.82, 2.24) is 10.6 Å². The van der Waals surface area contributed by atoms with Gasteiger partial charge in [0.05, 0.1) is 0 Å². The second-order valence-electron chi connectivity index (χ2n) is 2.64. The number of hydrogen-bond donors (Lipinski definition) is 2. The Kier molecular flexibility index (Phi) is 8.10. The van der Waals surface area contributed by atoms with E-state index in [4.69, 9.17) is 0 Å². The van der Waals surface area contributed by atoms with Gasteiger partial charge in [-0.25, -0.2) is 0 Å². The lowest BCUT2D eigenvalue weighted by Gasteiger charge is -2.03. The molecule has 0 amide bonds. The normalized spacial score (nSPS) is 12.7. The van der Waals surface area contributed by atoms with Gasteiger partial charge in [-0.3, -0.25) is 0 Å². The molecule has 0 fully saturated rings. The molecule has 0 bridgehead atoms. The SMILES string of the molecule is C/C=C\CNC(/C=C\NC)=C/CC. The molecule has 0 aliphatic rings. The molecule has 13 heavy (non-hydrogen) atoms. The Balaban J connectivity index is 3.95. The van der Waals surface area contributed by atoms with E-state index in [1.54, 1.807) is 0 Å². The predicted octanol–water partition coefficient (Wildman–Crippen LogP) is 2.18. The van der Waals surface area contributed by atoms with Crippen LogP contribution in [0.1, 0.15) is 20.3 Å². The molecule has 2 nitrogen and oxygen atoms in total. The molecule has 0 aromatic carbocycles. The van der Waals surface area contributed by atoms with Crippen LogP contribution in [0.5, 0.6) is 0 Å². The Hall–Kier alpha value is -1.18. The van der Waals surface area contributed by atoms with Crippen molar-refractivity contribution in [3.63, 3.8) is 0 Å². The predicted molar refractivity (Wildman–Crippen MR) is 59.4 cm³/mol. The van der Waals surface area contributed by atoms with Gasteiger partial charge in [-0.05, 0) is 25.6 Å². The lowest BCUT2D eigenvalue weighted by Crippen LogP contribution is -2.11. The van der Waals surface area contributed by atoms with E-state index >= 15 is 0 Å². The van der Waals surface area contributed by atoms with E-state index < -0.39 is 0 Å². The maximum Gasteiger partial charge on any atom is 0.0330 e. The Labute approximate surface area is 81.4 Å².